The summed E-state index contributed by atoms with van der Waals surface area (Å²) in [5, 5.41) is 4.68. The van der Waals surface area contributed by atoms with Gasteiger partial charge in [-0.05, 0) is 97.4 Å². The first-order valence-corrected chi connectivity index (χ1v) is 14.6. The zero-order valence-electron chi connectivity index (χ0n) is 23.8. The zero-order valence-corrected chi connectivity index (χ0v) is 23.8. The Morgan fingerprint density at radius 3 is 1.30 bits per heavy atom. The SMILES string of the molecule is c1ccc(-c2ccc3c(-c4cncc(-c5ccncc5)c4)c4ccccc4c(-c4cncc(-c5ccncc5)c4)c3c2)cc1. The van der Waals surface area contributed by atoms with Crippen molar-refractivity contribution in [3.05, 3.63) is 159 Å². The molecule has 4 heteroatoms. The van der Waals surface area contributed by atoms with Crippen molar-refractivity contribution in [1.29, 1.82) is 0 Å². The zero-order chi connectivity index (χ0) is 29.3. The van der Waals surface area contributed by atoms with Crippen LogP contribution in [0.25, 0.3) is 77.2 Å². The normalized spacial score (nSPS) is 11.2. The van der Waals surface area contributed by atoms with Crippen LogP contribution in [0.15, 0.2) is 159 Å². The van der Waals surface area contributed by atoms with Gasteiger partial charge in [0.05, 0.1) is 0 Å². The first-order valence-electron chi connectivity index (χ1n) is 14.6. The molecule has 0 bridgehead atoms. The van der Waals surface area contributed by atoms with E-state index >= 15 is 0 Å². The Labute approximate surface area is 255 Å². The first kappa shape index (κ1) is 25.7. The number of benzene rings is 4. The number of aromatic nitrogens is 4. The summed E-state index contributed by atoms with van der Waals surface area (Å²) < 4.78 is 0. The number of hydrogen-bond donors (Lipinski definition) is 0. The summed E-state index contributed by atoms with van der Waals surface area (Å²) in [6.45, 7) is 0. The van der Waals surface area contributed by atoms with E-state index < -0.39 is 0 Å². The molecule has 0 aliphatic carbocycles. The fraction of sp³-hybridized carbons (Fsp3) is 0. The van der Waals surface area contributed by atoms with E-state index in [1.54, 1.807) is 0 Å². The first-order chi connectivity index (χ1) is 21.8. The van der Waals surface area contributed by atoms with Crippen LogP contribution in [0, 0.1) is 0 Å². The van der Waals surface area contributed by atoms with Crippen molar-refractivity contribution >= 4 is 21.5 Å². The van der Waals surface area contributed by atoms with Crippen LogP contribution >= 0.6 is 0 Å². The minimum absolute atomic E-state index is 1.06. The molecule has 4 aromatic carbocycles. The van der Waals surface area contributed by atoms with E-state index in [-0.39, 0.29) is 0 Å². The Hall–Kier alpha value is -6.00. The number of fused-ring (bicyclic) bond motifs is 2. The molecule has 0 saturated carbocycles. The molecule has 0 N–H and O–H groups in total. The molecular weight excluding hydrogens is 536 g/mol. The summed E-state index contributed by atoms with van der Waals surface area (Å²) >= 11 is 0. The summed E-state index contributed by atoms with van der Waals surface area (Å²) in [6, 6.07) is 38.6. The molecule has 8 rings (SSSR count). The van der Waals surface area contributed by atoms with Crippen LogP contribution in [0.2, 0.25) is 0 Å². The van der Waals surface area contributed by atoms with Crippen LogP contribution in [0.4, 0.5) is 0 Å². The molecule has 4 nitrogen and oxygen atoms in total. The predicted molar refractivity (Wildman–Crippen MR) is 180 cm³/mol. The summed E-state index contributed by atoms with van der Waals surface area (Å²) in [7, 11) is 0. The van der Waals surface area contributed by atoms with Gasteiger partial charge < -0.3 is 0 Å². The maximum atomic E-state index is 4.72. The van der Waals surface area contributed by atoms with Crippen molar-refractivity contribution in [3.63, 3.8) is 0 Å². The average Bonchev–Trinajstić information content (AvgIpc) is 3.11. The van der Waals surface area contributed by atoms with E-state index in [1.807, 2.05) is 73.8 Å². The fourth-order valence-electron chi connectivity index (χ4n) is 6.17. The highest BCUT2D eigenvalue weighted by Crippen LogP contribution is 2.45. The van der Waals surface area contributed by atoms with E-state index in [0.29, 0.717) is 0 Å². The molecule has 0 unspecified atom stereocenters. The third kappa shape index (κ3) is 4.59. The quantitative estimate of drug-likeness (QED) is 0.196. The van der Waals surface area contributed by atoms with Crippen molar-refractivity contribution in [2.24, 2.45) is 0 Å². The second-order valence-corrected chi connectivity index (χ2v) is 10.8. The Balaban J connectivity index is 1.45. The number of nitrogens with zero attached hydrogens (tertiary/aromatic N) is 4. The molecule has 206 valence electrons. The monoisotopic (exact) mass is 562 g/mol. The second kappa shape index (κ2) is 11.0. The number of pyridine rings is 4. The third-order valence-electron chi connectivity index (χ3n) is 8.21. The molecular formula is C40H26N4. The van der Waals surface area contributed by atoms with E-state index in [9.17, 15) is 0 Å². The lowest BCUT2D eigenvalue weighted by Gasteiger charge is -2.19. The molecule has 0 amide bonds. The van der Waals surface area contributed by atoms with Gasteiger partial charge in [-0.1, -0.05) is 66.7 Å². The standard InChI is InChI=1S/C40H26N4/c1-2-6-27(7-3-1)30-10-11-37-38(22-30)40(34-21-32(24-44-26-34)29-14-18-42-19-15-29)36-9-5-4-8-35(36)39(37)33-20-31(23-43-25-33)28-12-16-41-17-13-28/h1-26H. The van der Waals surface area contributed by atoms with Gasteiger partial charge in [-0.2, -0.15) is 0 Å². The van der Waals surface area contributed by atoms with Gasteiger partial charge >= 0.3 is 0 Å². The predicted octanol–water partition coefficient (Wildman–Crippen LogP) is 9.91. The Kier molecular flexibility index (Phi) is 6.43. The average molecular weight is 563 g/mol. The topological polar surface area (TPSA) is 51.6 Å². The summed E-state index contributed by atoms with van der Waals surface area (Å²) in [5.41, 5.74) is 11.1. The van der Waals surface area contributed by atoms with Gasteiger partial charge in [0.25, 0.3) is 0 Å². The van der Waals surface area contributed by atoms with Crippen molar-refractivity contribution in [1.82, 2.24) is 19.9 Å². The van der Waals surface area contributed by atoms with Gasteiger partial charge in [-0.3, -0.25) is 19.9 Å². The van der Waals surface area contributed by atoms with E-state index in [1.165, 1.54) is 43.8 Å². The van der Waals surface area contributed by atoms with E-state index in [2.05, 4.69) is 94.9 Å². The highest BCUT2D eigenvalue weighted by atomic mass is 14.6. The van der Waals surface area contributed by atoms with Crippen molar-refractivity contribution in [2.45, 2.75) is 0 Å². The smallest absolute Gasteiger partial charge is 0.0347 e. The lowest BCUT2D eigenvalue weighted by atomic mass is 9.85. The molecule has 4 aromatic heterocycles. The maximum Gasteiger partial charge on any atom is 0.0347 e. The number of rotatable bonds is 5. The number of hydrogen-bond acceptors (Lipinski definition) is 4. The summed E-state index contributed by atoms with van der Waals surface area (Å²) in [4.78, 5) is 17.8. The van der Waals surface area contributed by atoms with Crippen LogP contribution in [0.5, 0.6) is 0 Å². The molecule has 0 atom stereocenters. The van der Waals surface area contributed by atoms with Crippen molar-refractivity contribution < 1.29 is 0 Å². The molecule has 0 radical (unpaired) electrons. The molecule has 0 aliphatic heterocycles. The van der Waals surface area contributed by atoms with Crippen molar-refractivity contribution in [3.8, 4) is 55.6 Å². The van der Waals surface area contributed by atoms with Gasteiger partial charge in [0.2, 0.25) is 0 Å². The Morgan fingerprint density at radius 1 is 0.273 bits per heavy atom. The van der Waals surface area contributed by atoms with Gasteiger partial charge in [0.15, 0.2) is 0 Å². The van der Waals surface area contributed by atoms with Crippen LogP contribution in [-0.4, -0.2) is 19.9 Å². The highest BCUT2D eigenvalue weighted by molar-refractivity contribution is 6.22. The van der Waals surface area contributed by atoms with Gasteiger partial charge in [-0.15, -0.1) is 0 Å². The third-order valence-corrected chi connectivity index (χ3v) is 8.21. The molecule has 0 spiro atoms. The maximum absolute atomic E-state index is 4.72. The largest absolute Gasteiger partial charge is 0.265 e. The Bertz CT molecular complexity index is 2260. The fourth-order valence-corrected chi connectivity index (χ4v) is 6.17. The molecule has 0 aliphatic rings. The minimum Gasteiger partial charge on any atom is -0.265 e. The van der Waals surface area contributed by atoms with Gasteiger partial charge in [-0.25, -0.2) is 0 Å². The van der Waals surface area contributed by atoms with Crippen LogP contribution in [0.1, 0.15) is 0 Å². The minimum atomic E-state index is 1.06. The van der Waals surface area contributed by atoms with Gasteiger partial charge in [0, 0.05) is 71.8 Å². The lowest BCUT2D eigenvalue weighted by Crippen LogP contribution is -1.93. The second-order valence-electron chi connectivity index (χ2n) is 10.8. The van der Waals surface area contributed by atoms with Crippen LogP contribution in [-0.2, 0) is 0 Å². The molecule has 0 fully saturated rings. The van der Waals surface area contributed by atoms with Gasteiger partial charge in [0.1, 0.15) is 0 Å². The van der Waals surface area contributed by atoms with E-state index in [4.69, 9.17) is 9.97 Å². The van der Waals surface area contributed by atoms with Crippen molar-refractivity contribution in [2.75, 3.05) is 0 Å². The summed E-state index contributed by atoms with van der Waals surface area (Å²) in [5.74, 6) is 0. The van der Waals surface area contributed by atoms with Crippen LogP contribution in [0.3, 0.4) is 0 Å². The summed E-state index contributed by atoms with van der Waals surface area (Å²) in [6.07, 6.45) is 15.1. The molecule has 0 saturated heterocycles. The molecule has 44 heavy (non-hydrogen) atoms. The lowest BCUT2D eigenvalue weighted by molar-refractivity contribution is 1.30. The molecule has 4 heterocycles. The van der Waals surface area contributed by atoms with Crippen LogP contribution < -0.4 is 0 Å². The Morgan fingerprint density at radius 2 is 0.727 bits per heavy atom. The van der Waals surface area contributed by atoms with E-state index in [0.717, 1.165) is 33.4 Å². The highest BCUT2D eigenvalue weighted by Gasteiger charge is 2.19. The molecule has 8 aromatic rings.